The Morgan fingerprint density at radius 1 is 1.10 bits per heavy atom. The largest absolute Gasteiger partial charge is 0.399 e. The molecular formula is C18H21NO. The van der Waals surface area contributed by atoms with E-state index < -0.39 is 0 Å². The van der Waals surface area contributed by atoms with E-state index in [0.717, 1.165) is 23.1 Å². The molecule has 2 aromatic carbocycles. The number of nitrogens with two attached hydrogens (primary N) is 1. The summed E-state index contributed by atoms with van der Waals surface area (Å²) >= 11 is 0. The van der Waals surface area contributed by atoms with E-state index in [9.17, 15) is 4.79 Å². The summed E-state index contributed by atoms with van der Waals surface area (Å²) in [4.78, 5) is 12.5. The molecule has 104 valence electrons. The van der Waals surface area contributed by atoms with Crippen LogP contribution in [0.4, 0.5) is 5.69 Å². The van der Waals surface area contributed by atoms with E-state index >= 15 is 0 Å². The maximum Gasteiger partial charge on any atom is 0.193 e. The van der Waals surface area contributed by atoms with Gasteiger partial charge in [-0.1, -0.05) is 38.1 Å². The Kier molecular flexibility index (Phi) is 4.23. The molecule has 0 aliphatic heterocycles. The van der Waals surface area contributed by atoms with Gasteiger partial charge in [0.25, 0.3) is 0 Å². The molecule has 0 unspecified atom stereocenters. The van der Waals surface area contributed by atoms with Crippen molar-refractivity contribution in [1.29, 1.82) is 0 Å². The minimum atomic E-state index is 0.0543. The summed E-state index contributed by atoms with van der Waals surface area (Å²) in [5.74, 6) is 0.675. The summed E-state index contributed by atoms with van der Waals surface area (Å²) in [6.45, 7) is 6.30. The highest BCUT2D eigenvalue weighted by Gasteiger charge is 2.11. The van der Waals surface area contributed by atoms with Gasteiger partial charge in [0.2, 0.25) is 0 Å². The molecule has 0 amide bonds. The van der Waals surface area contributed by atoms with Gasteiger partial charge in [-0.3, -0.25) is 4.79 Å². The van der Waals surface area contributed by atoms with Crippen LogP contribution in [0.3, 0.4) is 0 Å². The maximum atomic E-state index is 12.5. The fourth-order valence-electron chi connectivity index (χ4n) is 2.36. The molecule has 2 nitrogen and oxygen atoms in total. The Morgan fingerprint density at radius 2 is 1.75 bits per heavy atom. The van der Waals surface area contributed by atoms with Gasteiger partial charge in [0.15, 0.2) is 5.78 Å². The van der Waals surface area contributed by atoms with E-state index in [1.54, 1.807) is 12.1 Å². The number of benzene rings is 2. The van der Waals surface area contributed by atoms with Crippen molar-refractivity contribution in [2.24, 2.45) is 5.92 Å². The molecule has 0 atom stereocenters. The number of carbonyl (C=O) groups excluding carboxylic acids is 1. The van der Waals surface area contributed by atoms with Crippen LogP contribution >= 0.6 is 0 Å². The zero-order valence-electron chi connectivity index (χ0n) is 12.3. The van der Waals surface area contributed by atoms with Gasteiger partial charge in [-0.15, -0.1) is 0 Å². The zero-order chi connectivity index (χ0) is 14.7. The van der Waals surface area contributed by atoms with Crippen molar-refractivity contribution in [1.82, 2.24) is 0 Å². The third-order valence-corrected chi connectivity index (χ3v) is 3.36. The highest BCUT2D eigenvalue weighted by molar-refractivity contribution is 6.10. The molecule has 2 rings (SSSR count). The molecule has 2 N–H and O–H groups in total. The molecule has 2 aromatic rings. The SMILES string of the molecule is Cc1cc(N)ccc1C(=O)c1ccc(CC(C)C)cc1. The van der Waals surface area contributed by atoms with E-state index in [0.29, 0.717) is 11.6 Å². The van der Waals surface area contributed by atoms with Crippen molar-refractivity contribution in [3.63, 3.8) is 0 Å². The van der Waals surface area contributed by atoms with Gasteiger partial charge in [-0.05, 0) is 48.6 Å². The van der Waals surface area contributed by atoms with Crippen LogP contribution in [-0.4, -0.2) is 5.78 Å². The van der Waals surface area contributed by atoms with Crippen molar-refractivity contribution in [2.45, 2.75) is 27.2 Å². The Bertz CT molecular complexity index is 612. The Labute approximate surface area is 120 Å². The highest BCUT2D eigenvalue weighted by Crippen LogP contribution is 2.18. The van der Waals surface area contributed by atoms with Crippen molar-refractivity contribution in [2.75, 3.05) is 5.73 Å². The number of hydrogen-bond donors (Lipinski definition) is 1. The Balaban J connectivity index is 2.25. The molecule has 0 heterocycles. The van der Waals surface area contributed by atoms with Crippen molar-refractivity contribution in [3.8, 4) is 0 Å². The van der Waals surface area contributed by atoms with Crippen LogP contribution in [0.1, 0.15) is 40.9 Å². The first-order valence-corrected chi connectivity index (χ1v) is 6.97. The second kappa shape index (κ2) is 5.91. The highest BCUT2D eigenvalue weighted by atomic mass is 16.1. The second-order valence-corrected chi connectivity index (χ2v) is 5.70. The lowest BCUT2D eigenvalue weighted by molar-refractivity contribution is 0.103. The average molecular weight is 267 g/mol. The first kappa shape index (κ1) is 14.3. The van der Waals surface area contributed by atoms with Crippen molar-refractivity contribution in [3.05, 3.63) is 64.7 Å². The van der Waals surface area contributed by atoms with Gasteiger partial charge in [0.05, 0.1) is 0 Å². The quantitative estimate of drug-likeness (QED) is 0.672. The minimum Gasteiger partial charge on any atom is -0.399 e. The van der Waals surface area contributed by atoms with Gasteiger partial charge in [0, 0.05) is 16.8 Å². The molecule has 0 spiro atoms. The fourth-order valence-corrected chi connectivity index (χ4v) is 2.36. The fraction of sp³-hybridized carbons (Fsp3) is 0.278. The number of aryl methyl sites for hydroxylation is 1. The monoisotopic (exact) mass is 267 g/mol. The standard InChI is InChI=1S/C18H21NO/c1-12(2)10-14-4-6-15(7-5-14)18(20)17-9-8-16(19)11-13(17)3/h4-9,11-12H,10,19H2,1-3H3. The van der Waals surface area contributed by atoms with Crippen LogP contribution in [0.25, 0.3) is 0 Å². The average Bonchev–Trinajstić information content (AvgIpc) is 2.38. The van der Waals surface area contributed by atoms with E-state index in [-0.39, 0.29) is 5.78 Å². The van der Waals surface area contributed by atoms with E-state index in [1.165, 1.54) is 5.56 Å². The topological polar surface area (TPSA) is 43.1 Å². The van der Waals surface area contributed by atoms with Crippen LogP contribution < -0.4 is 5.73 Å². The number of anilines is 1. The van der Waals surface area contributed by atoms with E-state index in [1.807, 2.05) is 37.3 Å². The lowest BCUT2D eigenvalue weighted by Gasteiger charge is -2.08. The molecule has 0 bridgehead atoms. The minimum absolute atomic E-state index is 0.0543. The summed E-state index contributed by atoms with van der Waals surface area (Å²) < 4.78 is 0. The summed E-state index contributed by atoms with van der Waals surface area (Å²) in [5, 5.41) is 0. The molecule has 0 saturated heterocycles. The predicted molar refractivity (Wildman–Crippen MR) is 84.0 cm³/mol. The maximum absolute atomic E-state index is 12.5. The molecule has 0 saturated carbocycles. The van der Waals surface area contributed by atoms with Crippen molar-refractivity contribution < 1.29 is 4.79 Å². The molecule has 0 fully saturated rings. The summed E-state index contributed by atoms with van der Waals surface area (Å²) in [6, 6.07) is 13.3. The summed E-state index contributed by atoms with van der Waals surface area (Å²) in [7, 11) is 0. The van der Waals surface area contributed by atoms with Crippen LogP contribution in [0.5, 0.6) is 0 Å². The third kappa shape index (κ3) is 3.27. The number of hydrogen-bond acceptors (Lipinski definition) is 2. The van der Waals surface area contributed by atoms with Crippen LogP contribution in [0, 0.1) is 12.8 Å². The van der Waals surface area contributed by atoms with Gasteiger partial charge in [-0.2, -0.15) is 0 Å². The summed E-state index contributed by atoms with van der Waals surface area (Å²) in [6.07, 6.45) is 1.04. The van der Waals surface area contributed by atoms with E-state index in [2.05, 4.69) is 13.8 Å². The number of ketones is 1. The number of carbonyl (C=O) groups is 1. The van der Waals surface area contributed by atoms with Crippen LogP contribution in [0.2, 0.25) is 0 Å². The molecule has 0 aliphatic carbocycles. The van der Waals surface area contributed by atoms with Gasteiger partial charge in [-0.25, -0.2) is 0 Å². The molecule has 20 heavy (non-hydrogen) atoms. The first-order valence-electron chi connectivity index (χ1n) is 6.97. The van der Waals surface area contributed by atoms with Gasteiger partial charge >= 0.3 is 0 Å². The number of rotatable bonds is 4. The normalized spacial score (nSPS) is 10.8. The molecule has 0 radical (unpaired) electrons. The smallest absolute Gasteiger partial charge is 0.193 e. The molecular weight excluding hydrogens is 246 g/mol. The van der Waals surface area contributed by atoms with Crippen LogP contribution in [-0.2, 0) is 6.42 Å². The number of nitrogen functional groups attached to an aromatic ring is 1. The lowest BCUT2D eigenvalue weighted by atomic mass is 9.96. The predicted octanol–water partition coefficient (Wildman–Crippen LogP) is 4.01. The third-order valence-electron chi connectivity index (χ3n) is 3.36. The first-order chi connectivity index (χ1) is 9.47. The second-order valence-electron chi connectivity index (χ2n) is 5.70. The molecule has 0 aliphatic rings. The van der Waals surface area contributed by atoms with Crippen molar-refractivity contribution >= 4 is 11.5 Å². The van der Waals surface area contributed by atoms with Crippen LogP contribution in [0.15, 0.2) is 42.5 Å². The Morgan fingerprint density at radius 3 is 2.30 bits per heavy atom. The summed E-state index contributed by atoms with van der Waals surface area (Å²) in [5.41, 5.74) is 10.0. The molecule has 2 heteroatoms. The van der Waals surface area contributed by atoms with E-state index in [4.69, 9.17) is 5.73 Å². The van der Waals surface area contributed by atoms with Gasteiger partial charge < -0.3 is 5.73 Å². The Hall–Kier alpha value is -2.09. The van der Waals surface area contributed by atoms with Gasteiger partial charge in [0.1, 0.15) is 0 Å². The molecule has 0 aromatic heterocycles. The zero-order valence-corrected chi connectivity index (χ0v) is 12.3. The lowest BCUT2D eigenvalue weighted by Crippen LogP contribution is -2.04.